The lowest BCUT2D eigenvalue weighted by atomic mass is 10.1. The van der Waals surface area contributed by atoms with Crippen LogP contribution in [0.4, 0.5) is 5.69 Å². The molecule has 3 rings (SSSR count). The lowest BCUT2D eigenvalue weighted by molar-refractivity contribution is 0.102. The molecular formula is C16H19N3O4S. The molecular weight excluding hydrogens is 330 g/mol. The number of carbonyl (C=O) groups excluding carboxylic acids is 1. The second-order valence-corrected chi connectivity index (χ2v) is 7.81. The molecule has 1 fully saturated rings. The zero-order chi connectivity index (χ0) is 17.3. The maximum Gasteiger partial charge on any atom is 0.277 e. The summed E-state index contributed by atoms with van der Waals surface area (Å²) < 4.78 is 32.3. The van der Waals surface area contributed by atoms with Crippen molar-refractivity contribution in [3.8, 4) is 0 Å². The zero-order valence-electron chi connectivity index (χ0n) is 13.4. The summed E-state index contributed by atoms with van der Waals surface area (Å²) in [5, 5.41) is 2.67. The van der Waals surface area contributed by atoms with E-state index in [1.165, 1.54) is 18.5 Å². The maximum absolute atomic E-state index is 12.4. The summed E-state index contributed by atoms with van der Waals surface area (Å²) in [7, 11) is -3.57. The highest BCUT2D eigenvalue weighted by molar-refractivity contribution is 7.89. The van der Waals surface area contributed by atoms with Crippen LogP contribution in [0.15, 0.2) is 40.0 Å². The molecule has 24 heavy (non-hydrogen) atoms. The third-order valence-corrected chi connectivity index (χ3v) is 5.15. The Morgan fingerprint density at radius 2 is 2.08 bits per heavy atom. The van der Waals surface area contributed by atoms with E-state index in [4.69, 9.17) is 4.42 Å². The maximum atomic E-state index is 12.4. The third-order valence-electron chi connectivity index (χ3n) is 3.64. The number of carbonyl (C=O) groups is 1. The van der Waals surface area contributed by atoms with Gasteiger partial charge in [-0.15, -0.1) is 0 Å². The lowest BCUT2D eigenvalue weighted by Crippen LogP contribution is -2.25. The predicted octanol–water partition coefficient (Wildman–Crippen LogP) is 2.49. The van der Waals surface area contributed by atoms with Crippen molar-refractivity contribution in [1.82, 2.24) is 9.71 Å². The van der Waals surface area contributed by atoms with Crippen molar-refractivity contribution < 1.29 is 17.6 Å². The molecule has 7 nitrogen and oxygen atoms in total. The summed E-state index contributed by atoms with van der Waals surface area (Å²) in [5.74, 6) is 0.0755. The number of oxazole rings is 1. The second-order valence-electron chi connectivity index (χ2n) is 6.10. The van der Waals surface area contributed by atoms with Crippen molar-refractivity contribution in [3.05, 3.63) is 42.1 Å². The van der Waals surface area contributed by atoms with Gasteiger partial charge in [-0.1, -0.05) is 19.9 Å². The van der Waals surface area contributed by atoms with Crippen LogP contribution < -0.4 is 10.0 Å². The smallest absolute Gasteiger partial charge is 0.277 e. The van der Waals surface area contributed by atoms with E-state index in [0.717, 1.165) is 12.8 Å². The molecule has 0 spiro atoms. The van der Waals surface area contributed by atoms with Gasteiger partial charge in [0.05, 0.1) is 4.90 Å². The number of hydrogen-bond acceptors (Lipinski definition) is 5. The minimum absolute atomic E-state index is 0.0164. The minimum atomic E-state index is -3.57. The quantitative estimate of drug-likeness (QED) is 0.834. The summed E-state index contributed by atoms with van der Waals surface area (Å²) in [4.78, 5) is 16.4. The Morgan fingerprint density at radius 3 is 2.75 bits per heavy atom. The highest BCUT2D eigenvalue weighted by Crippen LogP contribution is 2.24. The number of rotatable bonds is 6. The van der Waals surface area contributed by atoms with Crippen LogP contribution in [-0.4, -0.2) is 25.4 Å². The fourth-order valence-corrected chi connectivity index (χ4v) is 3.61. The van der Waals surface area contributed by atoms with Gasteiger partial charge in [-0.2, -0.15) is 0 Å². The van der Waals surface area contributed by atoms with Crippen molar-refractivity contribution in [1.29, 1.82) is 0 Å². The van der Waals surface area contributed by atoms with E-state index in [9.17, 15) is 13.2 Å². The fourth-order valence-electron chi connectivity index (χ4n) is 2.26. The van der Waals surface area contributed by atoms with E-state index in [1.807, 2.05) is 13.8 Å². The molecule has 2 aromatic rings. The van der Waals surface area contributed by atoms with E-state index in [2.05, 4.69) is 15.0 Å². The Morgan fingerprint density at radius 1 is 1.33 bits per heavy atom. The van der Waals surface area contributed by atoms with Crippen LogP contribution in [0.25, 0.3) is 0 Å². The Balaban J connectivity index is 1.79. The first-order chi connectivity index (χ1) is 11.4. The number of benzene rings is 1. The number of sulfonamides is 1. The topological polar surface area (TPSA) is 101 Å². The largest absolute Gasteiger partial charge is 0.447 e. The Bertz CT molecular complexity index is 854. The molecule has 0 unspecified atom stereocenters. The average molecular weight is 349 g/mol. The molecule has 8 heteroatoms. The van der Waals surface area contributed by atoms with E-state index in [1.54, 1.807) is 12.1 Å². The molecule has 0 bridgehead atoms. The van der Waals surface area contributed by atoms with Crippen LogP contribution in [-0.2, 0) is 10.0 Å². The molecule has 0 aliphatic heterocycles. The molecule has 0 saturated heterocycles. The van der Waals surface area contributed by atoms with E-state index < -0.39 is 15.9 Å². The molecule has 1 aromatic carbocycles. The monoisotopic (exact) mass is 349 g/mol. The fraction of sp³-hybridized carbons (Fsp3) is 0.375. The number of hydrogen-bond donors (Lipinski definition) is 2. The van der Waals surface area contributed by atoms with Gasteiger partial charge in [0, 0.05) is 17.6 Å². The summed E-state index contributed by atoms with van der Waals surface area (Å²) in [6.45, 7) is 3.79. The van der Waals surface area contributed by atoms with Crippen molar-refractivity contribution >= 4 is 21.6 Å². The standard InChI is InChI=1S/C16H19N3O4S/c1-10(2)15-14(17-9-23-15)16(20)18-12-4-3-5-13(8-12)24(21,22)19-11-6-7-11/h3-5,8-11,19H,6-7H2,1-2H3,(H,18,20). The Labute approximate surface area is 140 Å². The van der Waals surface area contributed by atoms with Crippen molar-refractivity contribution in [2.24, 2.45) is 0 Å². The number of nitrogens with zero attached hydrogens (tertiary/aromatic N) is 1. The molecule has 1 heterocycles. The van der Waals surface area contributed by atoms with Crippen LogP contribution in [0.5, 0.6) is 0 Å². The van der Waals surface area contributed by atoms with Gasteiger partial charge in [0.25, 0.3) is 5.91 Å². The van der Waals surface area contributed by atoms with Gasteiger partial charge in [0.1, 0.15) is 5.76 Å². The highest BCUT2D eigenvalue weighted by atomic mass is 32.2. The minimum Gasteiger partial charge on any atom is -0.447 e. The van der Waals surface area contributed by atoms with Gasteiger partial charge in [0.15, 0.2) is 12.1 Å². The Hall–Kier alpha value is -2.19. The lowest BCUT2D eigenvalue weighted by Gasteiger charge is -2.09. The molecule has 0 atom stereocenters. The normalized spacial score (nSPS) is 14.8. The first-order valence-corrected chi connectivity index (χ1v) is 9.22. The summed E-state index contributed by atoms with van der Waals surface area (Å²) >= 11 is 0. The van der Waals surface area contributed by atoms with Crippen molar-refractivity contribution in [3.63, 3.8) is 0 Å². The number of amides is 1. The van der Waals surface area contributed by atoms with Gasteiger partial charge in [-0.3, -0.25) is 4.79 Å². The molecule has 1 aliphatic rings. The average Bonchev–Trinajstić information content (AvgIpc) is 3.17. The van der Waals surface area contributed by atoms with E-state index in [-0.39, 0.29) is 22.5 Å². The first-order valence-electron chi connectivity index (χ1n) is 7.74. The molecule has 0 radical (unpaired) electrons. The third kappa shape index (κ3) is 3.65. The van der Waals surface area contributed by atoms with Gasteiger partial charge in [-0.05, 0) is 31.0 Å². The number of anilines is 1. The molecule has 2 N–H and O–H groups in total. The summed E-state index contributed by atoms with van der Waals surface area (Å²) in [6, 6.07) is 6.16. The highest BCUT2D eigenvalue weighted by Gasteiger charge is 2.28. The first kappa shape index (κ1) is 16.7. The van der Waals surface area contributed by atoms with E-state index in [0.29, 0.717) is 11.4 Å². The summed E-state index contributed by atoms with van der Waals surface area (Å²) in [5.41, 5.74) is 0.589. The van der Waals surface area contributed by atoms with Crippen molar-refractivity contribution in [2.45, 2.75) is 43.5 Å². The van der Waals surface area contributed by atoms with E-state index >= 15 is 0 Å². The van der Waals surface area contributed by atoms with Gasteiger partial charge < -0.3 is 9.73 Å². The summed E-state index contributed by atoms with van der Waals surface area (Å²) in [6.07, 6.45) is 2.95. The zero-order valence-corrected chi connectivity index (χ0v) is 14.3. The molecule has 1 saturated carbocycles. The van der Waals surface area contributed by atoms with Crippen LogP contribution in [0.2, 0.25) is 0 Å². The van der Waals surface area contributed by atoms with Gasteiger partial charge >= 0.3 is 0 Å². The molecule has 1 aromatic heterocycles. The molecule has 1 amide bonds. The van der Waals surface area contributed by atoms with Gasteiger partial charge in [0.2, 0.25) is 10.0 Å². The van der Waals surface area contributed by atoms with Crippen LogP contribution in [0, 0.1) is 0 Å². The second kappa shape index (κ2) is 6.37. The SMILES string of the molecule is CC(C)c1ocnc1C(=O)Nc1cccc(S(=O)(=O)NC2CC2)c1. The van der Waals surface area contributed by atoms with Crippen molar-refractivity contribution in [2.75, 3.05) is 5.32 Å². The van der Waals surface area contributed by atoms with Crippen LogP contribution in [0.1, 0.15) is 48.9 Å². The Kier molecular flexibility index (Phi) is 4.42. The van der Waals surface area contributed by atoms with Crippen LogP contribution in [0.3, 0.4) is 0 Å². The number of nitrogens with one attached hydrogen (secondary N) is 2. The molecule has 128 valence electrons. The number of aromatic nitrogens is 1. The predicted molar refractivity (Wildman–Crippen MR) is 88.3 cm³/mol. The molecule has 1 aliphatic carbocycles. The van der Waals surface area contributed by atoms with Gasteiger partial charge in [-0.25, -0.2) is 18.1 Å². The van der Waals surface area contributed by atoms with Crippen LogP contribution >= 0.6 is 0 Å².